The summed E-state index contributed by atoms with van der Waals surface area (Å²) in [6.45, 7) is 7.34. The highest BCUT2D eigenvalue weighted by Crippen LogP contribution is 2.25. The summed E-state index contributed by atoms with van der Waals surface area (Å²) >= 11 is 0. The Morgan fingerprint density at radius 2 is 2.00 bits per heavy atom. The molecule has 2 N–H and O–H groups in total. The first-order valence-electron chi connectivity index (χ1n) is 4.93. The van der Waals surface area contributed by atoms with Crippen LogP contribution >= 0.6 is 0 Å². The smallest absolute Gasteiger partial charge is 0.0741 e. The van der Waals surface area contributed by atoms with Crippen molar-refractivity contribution in [2.24, 2.45) is 5.41 Å². The van der Waals surface area contributed by atoms with Gasteiger partial charge in [-0.1, -0.05) is 27.2 Å². The molecule has 0 saturated carbocycles. The summed E-state index contributed by atoms with van der Waals surface area (Å²) in [5.41, 5.74) is 0.00894. The van der Waals surface area contributed by atoms with Crippen molar-refractivity contribution in [3.8, 4) is 0 Å². The summed E-state index contributed by atoms with van der Waals surface area (Å²) in [5.74, 6) is 0. The maximum atomic E-state index is 9.95. The molecule has 0 aromatic heterocycles. The molecule has 0 unspecified atom stereocenters. The van der Waals surface area contributed by atoms with Gasteiger partial charge in [0.2, 0.25) is 0 Å². The molecule has 1 rings (SSSR count). The average Bonchev–Trinajstić information content (AvgIpc) is 2.03. The van der Waals surface area contributed by atoms with E-state index in [1.54, 1.807) is 0 Å². The predicted molar refractivity (Wildman–Crippen MR) is 51.1 cm³/mol. The number of hydrogen-bond donors (Lipinski definition) is 2. The number of piperidine rings is 1. The Hall–Kier alpha value is -0.0800. The molecule has 1 heterocycles. The molecule has 1 aliphatic rings. The lowest BCUT2D eigenvalue weighted by atomic mass is 9.82. The summed E-state index contributed by atoms with van der Waals surface area (Å²) in [6.07, 6.45) is 3.43. The molecule has 0 radical (unpaired) electrons. The molecule has 2 nitrogen and oxygen atoms in total. The maximum absolute atomic E-state index is 9.95. The first kappa shape index (κ1) is 10.0. The van der Waals surface area contributed by atoms with Gasteiger partial charge in [-0.15, -0.1) is 0 Å². The van der Waals surface area contributed by atoms with E-state index >= 15 is 0 Å². The molecule has 0 spiro atoms. The Balaban J connectivity index is 2.45. The van der Waals surface area contributed by atoms with Crippen LogP contribution in [-0.2, 0) is 0 Å². The summed E-state index contributed by atoms with van der Waals surface area (Å²) < 4.78 is 0. The van der Waals surface area contributed by atoms with Crippen LogP contribution in [0.3, 0.4) is 0 Å². The fourth-order valence-corrected chi connectivity index (χ4v) is 1.75. The quantitative estimate of drug-likeness (QED) is 0.627. The molecular weight excluding hydrogens is 150 g/mol. The van der Waals surface area contributed by atoms with Crippen LogP contribution in [-0.4, -0.2) is 23.8 Å². The van der Waals surface area contributed by atoms with E-state index < -0.39 is 0 Å². The van der Waals surface area contributed by atoms with Crippen molar-refractivity contribution in [1.82, 2.24) is 5.32 Å². The highest BCUT2D eigenvalue weighted by atomic mass is 16.3. The second-order valence-electron chi connectivity index (χ2n) is 4.87. The standard InChI is InChI=1S/C10H21NO/c1-10(2,3)9(12)8-6-4-5-7-11-8/h8-9,11-12H,4-7H2,1-3H3/t8-,9+/m0/s1. The molecule has 72 valence electrons. The zero-order valence-corrected chi connectivity index (χ0v) is 8.43. The molecule has 1 aliphatic heterocycles. The number of nitrogens with one attached hydrogen (secondary N) is 1. The summed E-state index contributed by atoms with van der Waals surface area (Å²) in [4.78, 5) is 0. The van der Waals surface area contributed by atoms with Crippen molar-refractivity contribution in [3.63, 3.8) is 0 Å². The monoisotopic (exact) mass is 171 g/mol. The van der Waals surface area contributed by atoms with Gasteiger partial charge in [-0.25, -0.2) is 0 Å². The fourth-order valence-electron chi connectivity index (χ4n) is 1.75. The van der Waals surface area contributed by atoms with E-state index in [9.17, 15) is 5.11 Å². The third-order valence-corrected chi connectivity index (χ3v) is 2.62. The van der Waals surface area contributed by atoms with Gasteiger partial charge in [0.1, 0.15) is 0 Å². The van der Waals surface area contributed by atoms with Gasteiger partial charge in [0, 0.05) is 6.04 Å². The Labute approximate surface area is 75.4 Å². The first-order chi connectivity index (χ1) is 5.52. The van der Waals surface area contributed by atoms with E-state index in [1.807, 2.05) is 0 Å². The van der Waals surface area contributed by atoms with E-state index in [4.69, 9.17) is 0 Å². The number of rotatable bonds is 1. The Morgan fingerprint density at radius 1 is 1.33 bits per heavy atom. The summed E-state index contributed by atoms with van der Waals surface area (Å²) in [6, 6.07) is 0.318. The minimum atomic E-state index is -0.210. The van der Waals surface area contributed by atoms with E-state index in [2.05, 4.69) is 26.1 Å². The Kier molecular flexibility index (Phi) is 3.13. The van der Waals surface area contributed by atoms with E-state index in [1.165, 1.54) is 12.8 Å². The van der Waals surface area contributed by atoms with Gasteiger partial charge < -0.3 is 10.4 Å². The zero-order valence-electron chi connectivity index (χ0n) is 8.43. The normalized spacial score (nSPS) is 28.5. The van der Waals surface area contributed by atoms with Crippen LogP contribution in [0.15, 0.2) is 0 Å². The van der Waals surface area contributed by atoms with Crippen molar-refractivity contribution >= 4 is 0 Å². The lowest BCUT2D eigenvalue weighted by Crippen LogP contribution is -2.48. The molecule has 12 heavy (non-hydrogen) atoms. The van der Waals surface area contributed by atoms with Gasteiger partial charge >= 0.3 is 0 Å². The average molecular weight is 171 g/mol. The van der Waals surface area contributed by atoms with Crippen LogP contribution in [0.1, 0.15) is 40.0 Å². The van der Waals surface area contributed by atoms with Gasteiger partial charge in [-0.05, 0) is 24.8 Å². The van der Waals surface area contributed by atoms with Gasteiger partial charge in [-0.3, -0.25) is 0 Å². The highest BCUT2D eigenvalue weighted by Gasteiger charge is 2.30. The molecule has 2 atom stereocenters. The number of aliphatic hydroxyl groups is 1. The molecule has 0 aromatic carbocycles. The van der Waals surface area contributed by atoms with Crippen LogP contribution in [0.5, 0.6) is 0 Å². The van der Waals surface area contributed by atoms with E-state index in [-0.39, 0.29) is 11.5 Å². The Morgan fingerprint density at radius 3 is 2.42 bits per heavy atom. The zero-order chi connectivity index (χ0) is 9.19. The lowest BCUT2D eigenvalue weighted by molar-refractivity contribution is 0.0209. The van der Waals surface area contributed by atoms with E-state index in [0.29, 0.717) is 6.04 Å². The van der Waals surface area contributed by atoms with Gasteiger partial charge in [0.05, 0.1) is 6.10 Å². The highest BCUT2D eigenvalue weighted by molar-refractivity contribution is 4.86. The van der Waals surface area contributed by atoms with Crippen LogP contribution < -0.4 is 5.32 Å². The van der Waals surface area contributed by atoms with Crippen LogP contribution in [0.2, 0.25) is 0 Å². The molecule has 1 saturated heterocycles. The minimum absolute atomic E-state index is 0.00894. The molecule has 0 amide bonds. The molecular formula is C10H21NO. The van der Waals surface area contributed by atoms with Crippen LogP contribution in [0.4, 0.5) is 0 Å². The topological polar surface area (TPSA) is 32.3 Å². The summed E-state index contributed by atoms with van der Waals surface area (Å²) in [5, 5.41) is 13.3. The Bertz CT molecular complexity index is 133. The van der Waals surface area contributed by atoms with Crippen LogP contribution in [0.25, 0.3) is 0 Å². The van der Waals surface area contributed by atoms with Crippen molar-refractivity contribution in [1.29, 1.82) is 0 Å². The minimum Gasteiger partial charge on any atom is -0.391 e. The first-order valence-corrected chi connectivity index (χ1v) is 4.93. The molecule has 0 aliphatic carbocycles. The van der Waals surface area contributed by atoms with E-state index in [0.717, 1.165) is 13.0 Å². The van der Waals surface area contributed by atoms with Crippen molar-refractivity contribution in [2.75, 3.05) is 6.54 Å². The van der Waals surface area contributed by atoms with Gasteiger partial charge in [0.25, 0.3) is 0 Å². The number of hydrogen-bond acceptors (Lipinski definition) is 2. The molecule has 1 fully saturated rings. The van der Waals surface area contributed by atoms with Gasteiger partial charge in [-0.2, -0.15) is 0 Å². The second kappa shape index (κ2) is 3.75. The fraction of sp³-hybridized carbons (Fsp3) is 1.00. The van der Waals surface area contributed by atoms with Crippen molar-refractivity contribution in [2.45, 2.75) is 52.2 Å². The third-order valence-electron chi connectivity index (χ3n) is 2.62. The van der Waals surface area contributed by atoms with Crippen molar-refractivity contribution < 1.29 is 5.11 Å². The van der Waals surface area contributed by atoms with Crippen molar-refractivity contribution in [3.05, 3.63) is 0 Å². The van der Waals surface area contributed by atoms with Crippen LogP contribution in [0, 0.1) is 5.41 Å². The SMILES string of the molecule is CC(C)(C)[C@H](O)[C@@H]1CCCCN1. The molecule has 0 aromatic rings. The largest absolute Gasteiger partial charge is 0.391 e. The third kappa shape index (κ3) is 2.46. The summed E-state index contributed by atoms with van der Waals surface area (Å²) in [7, 11) is 0. The van der Waals surface area contributed by atoms with Gasteiger partial charge in [0.15, 0.2) is 0 Å². The second-order valence-corrected chi connectivity index (χ2v) is 4.87. The molecule has 0 bridgehead atoms. The molecule has 2 heteroatoms. The number of aliphatic hydroxyl groups excluding tert-OH is 1. The maximum Gasteiger partial charge on any atom is 0.0741 e. The lowest BCUT2D eigenvalue weighted by Gasteiger charge is -2.35. The predicted octanol–water partition coefficient (Wildman–Crippen LogP) is 1.54.